The van der Waals surface area contributed by atoms with Crippen molar-refractivity contribution in [3.63, 3.8) is 0 Å². The highest BCUT2D eigenvalue weighted by molar-refractivity contribution is 7.91. The minimum Gasteiger partial charge on any atom is -0.492 e. The van der Waals surface area contributed by atoms with E-state index in [4.69, 9.17) is 19.2 Å². The summed E-state index contributed by atoms with van der Waals surface area (Å²) in [5.41, 5.74) is -0.687. The fourth-order valence-electron chi connectivity index (χ4n) is 9.94. The summed E-state index contributed by atoms with van der Waals surface area (Å²) in [4.78, 5) is 51.3. The molecule has 4 N–H and O–H groups in total. The normalized spacial score (nSPS) is 33.8. The van der Waals surface area contributed by atoms with Crippen LogP contribution in [0, 0.1) is 23.2 Å². The monoisotopic (exact) mass is 878 g/mol. The van der Waals surface area contributed by atoms with Gasteiger partial charge in [0.15, 0.2) is 0 Å². The zero-order valence-electron chi connectivity index (χ0n) is 37.0. The molecule has 2 aromatic rings. The number of para-hydroxylation sites is 1. The van der Waals surface area contributed by atoms with Gasteiger partial charge in [-0.25, -0.2) is 18.2 Å². The van der Waals surface area contributed by atoms with E-state index in [-0.39, 0.29) is 31.4 Å². The lowest BCUT2D eigenvalue weighted by molar-refractivity contribution is -0.143. The molecule has 3 amide bonds. The van der Waals surface area contributed by atoms with Crippen molar-refractivity contribution in [2.45, 2.75) is 146 Å². The van der Waals surface area contributed by atoms with Crippen molar-refractivity contribution < 1.29 is 42.1 Å². The number of aliphatic hydroxyl groups excluding tert-OH is 1. The number of likely N-dealkylation sites (tertiary alicyclic amines) is 1. The Morgan fingerprint density at radius 1 is 1.08 bits per heavy atom. The van der Waals surface area contributed by atoms with E-state index in [1.54, 1.807) is 17.9 Å². The van der Waals surface area contributed by atoms with Crippen LogP contribution in [0.2, 0.25) is 0 Å². The van der Waals surface area contributed by atoms with Crippen molar-refractivity contribution in [2.75, 3.05) is 33.3 Å². The number of hydrogen-bond acceptors (Lipinski definition) is 12. The second-order valence-corrected chi connectivity index (χ2v) is 22.5. The van der Waals surface area contributed by atoms with Gasteiger partial charge in [-0.05, 0) is 102 Å². The van der Waals surface area contributed by atoms with E-state index in [1.807, 2.05) is 45.0 Å². The molecule has 0 radical (unpaired) electrons. The number of ether oxygens (including phenoxy) is 3. The Bertz CT molecular complexity index is 2160. The first-order valence-electron chi connectivity index (χ1n) is 22.7. The maximum absolute atomic E-state index is 14.8. The molecule has 5 fully saturated rings. The first-order valence-corrected chi connectivity index (χ1v) is 24.2. The van der Waals surface area contributed by atoms with E-state index >= 15 is 0 Å². The van der Waals surface area contributed by atoms with Crippen LogP contribution in [0.3, 0.4) is 0 Å². The highest BCUT2D eigenvalue weighted by atomic mass is 32.2. The number of carbonyl (C=O) groups excluding carboxylic acids is 3. The number of alkyl carbamates (subject to hydrolysis) is 1. The maximum atomic E-state index is 14.8. The highest BCUT2D eigenvalue weighted by Gasteiger charge is 2.58. The average Bonchev–Trinajstić information content (AvgIpc) is 4.04. The van der Waals surface area contributed by atoms with Crippen LogP contribution < -0.4 is 24.8 Å². The number of sulfonamides is 1. The number of aromatic nitrogens is 1. The second-order valence-electron chi connectivity index (χ2n) is 20.3. The van der Waals surface area contributed by atoms with E-state index in [0.717, 1.165) is 73.8 Å². The first-order chi connectivity index (χ1) is 29.4. The van der Waals surface area contributed by atoms with Crippen LogP contribution in [-0.4, -0.2) is 120 Å². The van der Waals surface area contributed by atoms with Crippen molar-refractivity contribution >= 4 is 38.8 Å². The molecule has 3 saturated carbocycles. The molecule has 6 aliphatic rings. The zero-order chi connectivity index (χ0) is 44.2. The molecule has 2 saturated heterocycles. The topological polar surface area (TPSA) is 189 Å². The van der Waals surface area contributed by atoms with Gasteiger partial charge >= 0.3 is 6.09 Å². The lowest BCUT2D eigenvalue weighted by Gasteiger charge is -2.48. The zero-order valence-corrected chi connectivity index (χ0v) is 37.8. The molecule has 4 heterocycles. The van der Waals surface area contributed by atoms with Gasteiger partial charge in [0, 0.05) is 36.7 Å². The summed E-state index contributed by atoms with van der Waals surface area (Å²) in [6.07, 6.45) is 6.59. The molecule has 62 heavy (non-hydrogen) atoms. The largest absolute Gasteiger partial charge is 0.492 e. The van der Waals surface area contributed by atoms with Crippen molar-refractivity contribution in [1.82, 2.24) is 30.1 Å². The highest BCUT2D eigenvalue weighted by Crippen LogP contribution is 2.45. The molecule has 0 spiro atoms. The summed E-state index contributed by atoms with van der Waals surface area (Å²) in [5.74, 6) is -0.0780. The van der Waals surface area contributed by atoms with Crippen molar-refractivity contribution in [3.05, 3.63) is 42.5 Å². The van der Waals surface area contributed by atoms with Crippen molar-refractivity contribution in [3.8, 4) is 11.6 Å². The van der Waals surface area contributed by atoms with E-state index in [9.17, 15) is 27.9 Å². The Morgan fingerprint density at radius 3 is 2.53 bits per heavy atom. The van der Waals surface area contributed by atoms with Gasteiger partial charge < -0.3 is 34.9 Å². The summed E-state index contributed by atoms with van der Waals surface area (Å²) in [6.45, 7) is 13.8. The molecule has 1 aromatic heterocycles. The molecule has 10 atom stereocenters. The molecule has 10 unspecified atom stereocenters. The van der Waals surface area contributed by atoms with E-state index < -0.39 is 74.0 Å². The Morgan fingerprint density at radius 2 is 1.85 bits per heavy atom. The number of benzene rings is 1. The Hall–Kier alpha value is -3.99. The number of rotatable bonds is 9. The Balaban J connectivity index is 1.14. The molecule has 2 bridgehead atoms. The van der Waals surface area contributed by atoms with Crippen LogP contribution in [-0.2, 0) is 30.8 Å². The maximum Gasteiger partial charge on any atom is 0.407 e. The summed E-state index contributed by atoms with van der Waals surface area (Å²) in [5, 5.41) is 19.2. The molecule has 15 nitrogen and oxygen atoms in total. The number of carbonyl (C=O) groups is 3. The lowest BCUT2D eigenvalue weighted by Crippen LogP contribution is -2.70. The Labute approximate surface area is 366 Å². The van der Waals surface area contributed by atoms with E-state index in [2.05, 4.69) is 33.9 Å². The molecule has 1 aromatic carbocycles. The van der Waals surface area contributed by atoms with E-state index in [0.29, 0.717) is 44.1 Å². The SMILES string of the molecule is C=CC1CCC1(NC(=O)C1CC2CN1C(O)C(C(C)(C)C)NC(=O)OC1CC1CCCCCc1c(nc3ccccc3c1OCC1CCN(C)C1)O2)C(=O)NS(=O)(=O)C1(C)CC1. The van der Waals surface area contributed by atoms with Crippen LogP contribution in [0.5, 0.6) is 11.6 Å². The summed E-state index contributed by atoms with van der Waals surface area (Å²) >= 11 is 0. The molecule has 3 aliphatic heterocycles. The predicted molar refractivity (Wildman–Crippen MR) is 234 cm³/mol. The molecule has 8 rings (SSSR count). The van der Waals surface area contributed by atoms with Crippen LogP contribution in [0.1, 0.15) is 104 Å². The number of pyridine rings is 1. The van der Waals surface area contributed by atoms with Gasteiger partial charge in [-0.2, -0.15) is 0 Å². The molecule has 340 valence electrons. The number of nitrogens with one attached hydrogen (secondary N) is 3. The molecular formula is C46H66N6O9S. The van der Waals surface area contributed by atoms with E-state index in [1.165, 1.54) is 0 Å². The van der Waals surface area contributed by atoms with Crippen LogP contribution in [0.4, 0.5) is 4.79 Å². The molecule has 3 aliphatic carbocycles. The predicted octanol–water partition coefficient (Wildman–Crippen LogP) is 4.80. The number of fused-ring (bicyclic) bond motifs is 5. The van der Waals surface area contributed by atoms with Crippen LogP contribution in [0.25, 0.3) is 10.9 Å². The summed E-state index contributed by atoms with van der Waals surface area (Å²) in [7, 11) is -1.88. The number of hydrogen-bond donors (Lipinski definition) is 4. The fraction of sp³-hybridized carbons (Fsp3) is 0.696. The van der Waals surface area contributed by atoms with Crippen LogP contribution in [0.15, 0.2) is 36.9 Å². The van der Waals surface area contributed by atoms with Gasteiger partial charge in [-0.3, -0.25) is 19.2 Å². The van der Waals surface area contributed by atoms with Crippen molar-refractivity contribution in [2.24, 2.45) is 23.2 Å². The second kappa shape index (κ2) is 17.2. The van der Waals surface area contributed by atoms with Crippen molar-refractivity contribution in [1.29, 1.82) is 0 Å². The van der Waals surface area contributed by atoms with Crippen LogP contribution >= 0.6 is 0 Å². The van der Waals surface area contributed by atoms with Gasteiger partial charge in [-0.15, -0.1) is 6.58 Å². The quantitative estimate of drug-likeness (QED) is 0.253. The number of nitrogens with zero attached hydrogens (tertiary/aromatic N) is 3. The van der Waals surface area contributed by atoms with Gasteiger partial charge in [0.1, 0.15) is 29.7 Å². The third-order valence-electron chi connectivity index (χ3n) is 14.5. The smallest absolute Gasteiger partial charge is 0.407 e. The van der Waals surface area contributed by atoms with Gasteiger partial charge in [0.05, 0.1) is 34.5 Å². The standard InChI is InChI=1S/C46H66N6O9S/c1-7-30-17-19-46(30,42(55)50-62(57,58)45(5)20-21-45)49-39(53)35-24-31-26-52(35)41(54)38(44(2,3)4)48-43(56)61-36-23-29(36)13-9-8-10-15-33-37(59-27-28-18-22-51(6)25-28)32-14-11-12-16-34(32)47-40(33)60-31/h7,11-12,14,16,28-31,35-36,38,41,54H,1,8-10,13,15,17-27H2,2-6H3,(H,48,56)(H,49,53)(H,50,55). The third-order valence-corrected chi connectivity index (χ3v) is 16.7. The average molecular weight is 879 g/mol. The summed E-state index contributed by atoms with van der Waals surface area (Å²) in [6, 6.07) is 5.94. The lowest BCUT2D eigenvalue weighted by atomic mass is 9.66. The van der Waals surface area contributed by atoms with Gasteiger partial charge in [-0.1, -0.05) is 51.8 Å². The number of amides is 3. The summed E-state index contributed by atoms with van der Waals surface area (Å²) < 4.78 is 47.4. The van der Waals surface area contributed by atoms with Gasteiger partial charge in [0.25, 0.3) is 5.91 Å². The Kier molecular flexibility index (Phi) is 12.4. The minimum atomic E-state index is -4.01. The van der Waals surface area contributed by atoms with Gasteiger partial charge in [0.2, 0.25) is 21.8 Å². The fourth-order valence-corrected chi connectivity index (χ4v) is 11.3. The molecule has 16 heteroatoms. The molecular weight excluding hydrogens is 813 g/mol. The number of aliphatic hydroxyl groups is 1. The minimum absolute atomic E-state index is 0.0720. The third kappa shape index (κ3) is 9.03. The first kappa shape index (κ1) is 44.6.